The highest BCUT2D eigenvalue weighted by Gasteiger charge is 2.65. The molecule has 0 aromatic rings. The second-order valence-electron chi connectivity index (χ2n) is 6.69. The lowest BCUT2D eigenvalue weighted by Crippen LogP contribution is -2.47. The zero-order valence-electron chi connectivity index (χ0n) is 19.1. The molecule has 0 amide bonds. The number of aliphatic hydroxyl groups is 2. The highest BCUT2D eigenvalue weighted by atomic mass is 32.2. The minimum Gasteiger partial charge on any atom is -0.394 e. The predicted octanol–water partition coefficient (Wildman–Crippen LogP) is 2.92. The predicted molar refractivity (Wildman–Crippen MR) is 101 cm³/mol. The third-order valence-corrected chi connectivity index (χ3v) is 6.38. The molecule has 5 N–H and O–H groups in total. The van der Waals surface area contributed by atoms with Gasteiger partial charge in [-0.15, -0.1) is 0 Å². The van der Waals surface area contributed by atoms with E-state index in [2.05, 4.69) is 0 Å². The van der Waals surface area contributed by atoms with Gasteiger partial charge < -0.3 is 10.2 Å². The lowest BCUT2D eigenvalue weighted by Gasteiger charge is -2.19. The smallest absolute Gasteiger partial charge is 0.394 e. The van der Waals surface area contributed by atoms with Crippen LogP contribution in [0.5, 0.6) is 0 Å². The number of hydrogen-bond donors (Lipinski definition) is 5. The minimum absolute atomic E-state index is 0.139. The third-order valence-electron chi connectivity index (χ3n) is 2.96. The number of alkyl halides is 15. The highest BCUT2D eigenvalue weighted by molar-refractivity contribution is 7.87. The van der Waals surface area contributed by atoms with E-state index >= 15 is 0 Å². The van der Waals surface area contributed by atoms with Gasteiger partial charge in [-0.3, -0.25) is 13.7 Å². The van der Waals surface area contributed by atoms with Crippen molar-refractivity contribution in [3.05, 3.63) is 0 Å². The Labute approximate surface area is 219 Å². The van der Waals surface area contributed by atoms with Crippen molar-refractivity contribution in [2.24, 2.45) is 0 Å². The number of rotatable bonds is 4. The van der Waals surface area contributed by atoms with Gasteiger partial charge in [0.1, 0.15) is 0 Å². The average molecular weight is 718 g/mol. The van der Waals surface area contributed by atoms with Crippen LogP contribution in [0.3, 0.4) is 0 Å². The first kappa shape index (κ1) is 46.6. The molecule has 29 heteroatoms. The molecule has 0 radical (unpaired) electrons. The maximum absolute atomic E-state index is 11.5. The molecule has 0 aliphatic carbocycles. The first-order chi connectivity index (χ1) is 17.2. The third kappa shape index (κ3) is 21.9. The minimum atomic E-state index is -6.23. The van der Waals surface area contributed by atoms with Gasteiger partial charge in [0.25, 0.3) is 40.9 Å². The summed E-state index contributed by atoms with van der Waals surface area (Å²) in [7, 11) is -17.4. The molecule has 0 bridgehead atoms. The van der Waals surface area contributed by atoms with Crippen LogP contribution < -0.4 is 0 Å². The van der Waals surface area contributed by atoms with Gasteiger partial charge in [0, 0.05) is 0 Å². The normalized spacial score (nSPS) is 15.5. The van der Waals surface area contributed by atoms with Crippen LogP contribution in [0.4, 0.5) is 65.9 Å². The highest BCUT2D eigenvalue weighted by Crippen LogP contribution is 2.38. The van der Waals surface area contributed by atoms with Crippen molar-refractivity contribution in [2.45, 2.75) is 66.6 Å². The van der Waals surface area contributed by atoms with Crippen LogP contribution >= 0.6 is 0 Å². The fourth-order valence-electron chi connectivity index (χ4n) is 1.22. The van der Waals surface area contributed by atoms with Gasteiger partial charge in [-0.05, 0) is 13.8 Å². The van der Waals surface area contributed by atoms with E-state index in [1.807, 2.05) is 0 Å². The zero-order chi connectivity index (χ0) is 35.0. The number of hydrogen-bond acceptors (Lipinski definition) is 8. The van der Waals surface area contributed by atoms with Crippen LogP contribution in [-0.4, -0.2) is 108 Å². The Hall–Kier alpha value is -1.40. The Morgan fingerprint density at radius 1 is 0.488 bits per heavy atom. The fraction of sp³-hybridized carbons (Fsp3) is 1.00. The Morgan fingerprint density at radius 3 is 0.659 bits per heavy atom. The van der Waals surface area contributed by atoms with Crippen LogP contribution in [0.2, 0.25) is 0 Å². The zero-order valence-corrected chi connectivity index (χ0v) is 21.5. The van der Waals surface area contributed by atoms with E-state index in [1.54, 1.807) is 0 Å². The van der Waals surface area contributed by atoms with Crippen molar-refractivity contribution in [3.8, 4) is 0 Å². The van der Waals surface area contributed by atoms with Gasteiger partial charge in [-0.25, -0.2) is 0 Å². The molecule has 0 saturated heterocycles. The topological polar surface area (TPSA) is 204 Å². The molecular formula is C12H17F15O11S3. The second kappa shape index (κ2) is 15.4. The molecule has 0 aromatic carbocycles. The van der Waals surface area contributed by atoms with Crippen molar-refractivity contribution in [2.75, 3.05) is 6.61 Å². The Morgan fingerprint density at radius 2 is 0.659 bits per heavy atom. The maximum Gasteiger partial charge on any atom is 0.416 e. The van der Waals surface area contributed by atoms with Gasteiger partial charge >= 0.3 is 30.9 Å². The van der Waals surface area contributed by atoms with E-state index in [4.69, 9.17) is 23.9 Å². The summed E-state index contributed by atoms with van der Waals surface area (Å²) in [4.78, 5) is 0. The molecule has 254 valence electrons. The van der Waals surface area contributed by atoms with Crippen molar-refractivity contribution in [1.29, 1.82) is 0 Å². The number of aliphatic hydroxyl groups excluding tert-OH is 2. The molecule has 0 saturated carbocycles. The Balaban J connectivity index is -0.000000233. The summed E-state index contributed by atoms with van der Waals surface area (Å²) in [6, 6.07) is 0. The summed E-state index contributed by atoms with van der Waals surface area (Å²) in [5, 5.41) is 3.81. The van der Waals surface area contributed by atoms with Crippen molar-refractivity contribution < 1.29 is 115 Å². The molecule has 0 spiro atoms. The number of halogens is 15. The first-order valence-corrected chi connectivity index (χ1v) is 13.2. The van der Waals surface area contributed by atoms with Gasteiger partial charge in [0.05, 0.1) is 12.7 Å². The van der Waals surface area contributed by atoms with Gasteiger partial charge in [-0.2, -0.15) is 91.1 Å². The van der Waals surface area contributed by atoms with Crippen molar-refractivity contribution >= 4 is 30.4 Å². The monoisotopic (exact) mass is 718 g/mol. The van der Waals surface area contributed by atoms with Gasteiger partial charge in [-0.1, -0.05) is 0 Å². The Bertz CT molecular complexity index is 997. The van der Waals surface area contributed by atoms with Crippen LogP contribution in [0.15, 0.2) is 0 Å². The van der Waals surface area contributed by atoms with E-state index in [0.717, 1.165) is 0 Å². The molecular weight excluding hydrogens is 701 g/mol. The molecule has 41 heavy (non-hydrogen) atoms. The average Bonchev–Trinajstić information content (AvgIpc) is 2.52. The van der Waals surface area contributed by atoms with Gasteiger partial charge in [0.2, 0.25) is 0 Å². The summed E-state index contributed by atoms with van der Waals surface area (Å²) < 4.78 is 253. The van der Waals surface area contributed by atoms with Gasteiger partial charge in [0.15, 0.2) is 5.25 Å². The second-order valence-corrected chi connectivity index (χ2v) is 11.4. The summed E-state index contributed by atoms with van der Waals surface area (Å²) in [5.41, 5.74) is 0. The van der Waals surface area contributed by atoms with E-state index in [1.165, 1.54) is 6.92 Å². The molecule has 0 fully saturated rings. The molecule has 0 aromatic heterocycles. The Kier molecular flexibility index (Phi) is 17.4. The van der Waals surface area contributed by atoms with Crippen LogP contribution in [0.1, 0.15) is 13.8 Å². The first-order valence-electron chi connectivity index (χ1n) is 8.67. The molecule has 11 nitrogen and oxygen atoms in total. The molecule has 0 rings (SSSR count). The van der Waals surface area contributed by atoms with Crippen LogP contribution in [0.25, 0.3) is 0 Å². The van der Waals surface area contributed by atoms with E-state index < -0.39 is 83.1 Å². The fourth-order valence-corrected chi connectivity index (χ4v) is 2.90. The van der Waals surface area contributed by atoms with Crippen molar-refractivity contribution in [1.82, 2.24) is 0 Å². The summed E-state index contributed by atoms with van der Waals surface area (Å²) in [6.07, 6.45) is -29.8. The lowest BCUT2D eigenvalue weighted by molar-refractivity contribution is -0.229. The van der Waals surface area contributed by atoms with Crippen molar-refractivity contribution in [3.63, 3.8) is 0 Å². The molecule has 2 atom stereocenters. The molecule has 0 heterocycles. The van der Waals surface area contributed by atoms with Crippen LogP contribution in [0, 0.1) is 0 Å². The molecule has 0 aliphatic heterocycles. The molecule has 0 aliphatic rings. The van der Waals surface area contributed by atoms with E-state index in [-0.39, 0.29) is 6.61 Å². The van der Waals surface area contributed by atoms with E-state index in [0.29, 0.717) is 6.92 Å². The summed E-state index contributed by atoms with van der Waals surface area (Å²) in [6.45, 7) is 1.76. The summed E-state index contributed by atoms with van der Waals surface area (Å²) in [5.74, 6) is 0. The van der Waals surface area contributed by atoms with E-state index in [9.17, 15) is 91.1 Å². The SMILES string of the molecule is CC(C(F)(F)F)S(=O)(=O)O.CC(O)CO.O=S(=O)(O)C(C(F)(F)F)C(F)(F)F.O=S(=O)(O)C(C(F)(F)F)C(F)(F)F. The largest absolute Gasteiger partial charge is 0.416 e. The molecule has 2 unspecified atom stereocenters. The quantitative estimate of drug-likeness (QED) is 0.211. The van der Waals surface area contributed by atoms with Crippen LogP contribution in [-0.2, 0) is 30.4 Å². The maximum atomic E-state index is 11.5. The standard InChI is InChI=1S/2C3H2F6O3S.C3H5F3O3S.C3H8O2/c2*4-2(5,6)1(3(7,8)9)13(10,11)12;1-2(3(4,5)6)10(7,8)9;1-3(5)2-4/h2*1H,(H,10,11,12);2H,1H3,(H,7,8,9);3-5H,2H2,1H3. The summed E-state index contributed by atoms with van der Waals surface area (Å²) >= 11 is 0. The lowest BCUT2D eigenvalue weighted by atomic mass is 10.4.